The van der Waals surface area contributed by atoms with Crippen LogP contribution in [0.1, 0.15) is 20.3 Å². The first-order chi connectivity index (χ1) is 7.63. The van der Waals surface area contributed by atoms with Gasteiger partial charge in [0.15, 0.2) is 0 Å². The molecule has 0 saturated heterocycles. The maximum Gasteiger partial charge on any atom is 0.237 e. The lowest BCUT2D eigenvalue weighted by molar-refractivity contribution is -0.123. The van der Waals surface area contributed by atoms with Gasteiger partial charge in [-0.15, -0.1) is 0 Å². The monoisotopic (exact) mass is 231 g/mol. The summed E-state index contributed by atoms with van der Waals surface area (Å²) in [6.45, 7) is 6.84. The number of rotatable bonds is 9. The number of ether oxygens (including phenoxy) is 1. The zero-order valence-corrected chi connectivity index (χ0v) is 10.6. The normalized spacial score (nSPS) is 14.5. The van der Waals surface area contributed by atoms with E-state index < -0.39 is 6.04 Å². The molecule has 0 heterocycles. The molecule has 16 heavy (non-hydrogen) atoms. The standard InChI is InChI=1S/C11H25N3O2/c1-4-9(2)10(12)11(15)14-6-5-13-7-8-16-3/h9-10,13H,4-8,12H2,1-3H3,(H,14,15). The van der Waals surface area contributed by atoms with Crippen LogP contribution in [0, 0.1) is 5.92 Å². The number of hydrogen-bond acceptors (Lipinski definition) is 4. The number of nitrogens with one attached hydrogen (secondary N) is 2. The van der Waals surface area contributed by atoms with E-state index in [1.807, 2.05) is 13.8 Å². The van der Waals surface area contributed by atoms with Gasteiger partial charge in [-0.2, -0.15) is 0 Å². The van der Waals surface area contributed by atoms with Crippen LogP contribution in [0.2, 0.25) is 0 Å². The summed E-state index contributed by atoms with van der Waals surface area (Å²) >= 11 is 0. The van der Waals surface area contributed by atoms with Crippen molar-refractivity contribution in [2.45, 2.75) is 26.3 Å². The molecule has 96 valence electrons. The molecular formula is C11H25N3O2. The van der Waals surface area contributed by atoms with Gasteiger partial charge in [-0.1, -0.05) is 20.3 Å². The quantitative estimate of drug-likeness (QED) is 0.477. The third kappa shape index (κ3) is 6.76. The fourth-order valence-corrected chi connectivity index (χ4v) is 1.20. The minimum Gasteiger partial charge on any atom is -0.383 e. The summed E-state index contributed by atoms with van der Waals surface area (Å²) in [4.78, 5) is 11.5. The Kier molecular flexibility index (Phi) is 9.18. The highest BCUT2D eigenvalue weighted by atomic mass is 16.5. The summed E-state index contributed by atoms with van der Waals surface area (Å²) < 4.78 is 4.88. The zero-order chi connectivity index (χ0) is 12.4. The van der Waals surface area contributed by atoms with Crippen molar-refractivity contribution in [2.75, 3.05) is 33.4 Å². The van der Waals surface area contributed by atoms with Crippen LogP contribution in [-0.4, -0.2) is 45.3 Å². The topological polar surface area (TPSA) is 76.4 Å². The molecule has 0 spiro atoms. The predicted octanol–water partition coefficient (Wildman–Crippen LogP) is -0.288. The molecule has 0 saturated carbocycles. The molecule has 0 aliphatic rings. The second kappa shape index (κ2) is 9.57. The molecule has 0 radical (unpaired) electrons. The molecule has 0 aromatic carbocycles. The van der Waals surface area contributed by atoms with Gasteiger partial charge < -0.3 is 21.1 Å². The fourth-order valence-electron chi connectivity index (χ4n) is 1.20. The van der Waals surface area contributed by atoms with E-state index in [0.29, 0.717) is 13.2 Å². The van der Waals surface area contributed by atoms with Crippen LogP contribution >= 0.6 is 0 Å². The molecule has 5 heteroatoms. The van der Waals surface area contributed by atoms with Crippen molar-refractivity contribution < 1.29 is 9.53 Å². The van der Waals surface area contributed by atoms with Crippen molar-refractivity contribution >= 4 is 5.91 Å². The highest BCUT2D eigenvalue weighted by Crippen LogP contribution is 2.04. The Labute approximate surface area is 98.1 Å². The smallest absolute Gasteiger partial charge is 0.237 e. The first kappa shape index (κ1) is 15.3. The van der Waals surface area contributed by atoms with Crippen molar-refractivity contribution in [1.82, 2.24) is 10.6 Å². The van der Waals surface area contributed by atoms with Crippen molar-refractivity contribution in [3.8, 4) is 0 Å². The SMILES string of the molecule is CCC(C)C(N)C(=O)NCCNCCOC. The zero-order valence-electron chi connectivity index (χ0n) is 10.6. The van der Waals surface area contributed by atoms with E-state index in [1.54, 1.807) is 7.11 Å². The molecule has 0 aromatic heterocycles. The molecule has 0 aliphatic carbocycles. The molecular weight excluding hydrogens is 206 g/mol. The first-order valence-corrected chi connectivity index (χ1v) is 5.86. The number of carbonyl (C=O) groups excluding carboxylic acids is 1. The van der Waals surface area contributed by atoms with Crippen LogP contribution in [-0.2, 0) is 9.53 Å². The number of amides is 1. The van der Waals surface area contributed by atoms with Crippen molar-refractivity contribution in [3.63, 3.8) is 0 Å². The van der Waals surface area contributed by atoms with Crippen LogP contribution in [0.4, 0.5) is 0 Å². The fraction of sp³-hybridized carbons (Fsp3) is 0.909. The summed E-state index contributed by atoms with van der Waals surface area (Å²) in [5, 5.41) is 5.95. The van der Waals surface area contributed by atoms with E-state index in [2.05, 4.69) is 10.6 Å². The lowest BCUT2D eigenvalue weighted by atomic mass is 9.99. The molecule has 0 aromatic rings. The third-order valence-corrected chi connectivity index (χ3v) is 2.64. The molecule has 2 unspecified atom stereocenters. The van der Waals surface area contributed by atoms with Crippen LogP contribution in [0.25, 0.3) is 0 Å². The van der Waals surface area contributed by atoms with Gasteiger partial charge in [0.1, 0.15) is 0 Å². The molecule has 0 rings (SSSR count). The summed E-state index contributed by atoms with van der Waals surface area (Å²) in [7, 11) is 1.66. The molecule has 0 fully saturated rings. The molecule has 4 N–H and O–H groups in total. The summed E-state index contributed by atoms with van der Waals surface area (Å²) in [5.41, 5.74) is 5.78. The second-order valence-electron chi connectivity index (χ2n) is 3.95. The van der Waals surface area contributed by atoms with Gasteiger partial charge in [0.05, 0.1) is 12.6 Å². The van der Waals surface area contributed by atoms with E-state index in [9.17, 15) is 4.79 Å². The Hall–Kier alpha value is -0.650. The molecule has 0 aliphatic heterocycles. The van der Waals surface area contributed by atoms with Crippen molar-refractivity contribution in [2.24, 2.45) is 11.7 Å². The summed E-state index contributed by atoms with van der Waals surface area (Å²) in [6.07, 6.45) is 0.917. The van der Waals surface area contributed by atoms with Gasteiger partial charge in [-0.25, -0.2) is 0 Å². The van der Waals surface area contributed by atoms with Crippen molar-refractivity contribution in [1.29, 1.82) is 0 Å². The Bertz CT molecular complexity index is 188. The Morgan fingerprint density at radius 3 is 2.62 bits per heavy atom. The van der Waals surface area contributed by atoms with E-state index in [0.717, 1.165) is 19.5 Å². The Morgan fingerprint density at radius 2 is 2.06 bits per heavy atom. The maximum atomic E-state index is 11.5. The number of methoxy groups -OCH3 is 1. The highest BCUT2D eigenvalue weighted by molar-refractivity contribution is 5.81. The third-order valence-electron chi connectivity index (χ3n) is 2.64. The number of hydrogen-bond donors (Lipinski definition) is 3. The van der Waals surface area contributed by atoms with Gasteiger partial charge in [0, 0.05) is 26.7 Å². The van der Waals surface area contributed by atoms with E-state index >= 15 is 0 Å². The van der Waals surface area contributed by atoms with Crippen LogP contribution in [0.5, 0.6) is 0 Å². The minimum atomic E-state index is -0.399. The van der Waals surface area contributed by atoms with Crippen LogP contribution in [0.3, 0.4) is 0 Å². The summed E-state index contributed by atoms with van der Waals surface area (Å²) in [6, 6.07) is -0.399. The van der Waals surface area contributed by atoms with Crippen LogP contribution < -0.4 is 16.4 Å². The van der Waals surface area contributed by atoms with Gasteiger partial charge in [0.25, 0.3) is 0 Å². The largest absolute Gasteiger partial charge is 0.383 e. The van der Waals surface area contributed by atoms with Gasteiger partial charge in [-0.05, 0) is 5.92 Å². The number of nitrogens with two attached hydrogens (primary N) is 1. The first-order valence-electron chi connectivity index (χ1n) is 5.86. The van der Waals surface area contributed by atoms with Gasteiger partial charge in [-0.3, -0.25) is 4.79 Å². The predicted molar refractivity (Wildman–Crippen MR) is 65.2 cm³/mol. The molecule has 1 amide bonds. The molecule has 2 atom stereocenters. The second-order valence-corrected chi connectivity index (χ2v) is 3.95. The van der Waals surface area contributed by atoms with Crippen molar-refractivity contribution in [3.05, 3.63) is 0 Å². The average Bonchev–Trinajstić information content (AvgIpc) is 2.31. The molecule has 5 nitrogen and oxygen atoms in total. The Morgan fingerprint density at radius 1 is 1.38 bits per heavy atom. The highest BCUT2D eigenvalue weighted by Gasteiger charge is 2.18. The average molecular weight is 231 g/mol. The number of carbonyl (C=O) groups is 1. The lowest BCUT2D eigenvalue weighted by Gasteiger charge is -2.17. The molecule has 0 bridgehead atoms. The summed E-state index contributed by atoms with van der Waals surface area (Å²) in [5.74, 6) is 0.157. The van der Waals surface area contributed by atoms with E-state index in [-0.39, 0.29) is 11.8 Å². The van der Waals surface area contributed by atoms with Gasteiger partial charge >= 0.3 is 0 Å². The Balaban J connectivity index is 3.50. The van der Waals surface area contributed by atoms with E-state index in [1.165, 1.54) is 0 Å². The van der Waals surface area contributed by atoms with E-state index in [4.69, 9.17) is 10.5 Å². The lowest BCUT2D eigenvalue weighted by Crippen LogP contribution is -2.46. The van der Waals surface area contributed by atoms with Gasteiger partial charge in [0.2, 0.25) is 5.91 Å². The minimum absolute atomic E-state index is 0.0668. The maximum absolute atomic E-state index is 11.5. The van der Waals surface area contributed by atoms with Crippen LogP contribution in [0.15, 0.2) is 0 Å².